The van der Waals surface area contributed by atoms with Gasteiger partial charge in [-0.05, 0) is 59.8 Å². The van der Waals surface area contributed by atoms with Crippen LogP contribution in [0.25, 0.3) is 33.2 Å². The number of carbonyl (C=O) groups is 1. The summed E-state index contributed by atoms with van der Waals surface area (Å²) in [6.07, 6.45) is 0. The van der Waals surface area contributed by atoms with E-state index in [0.717, 1.165) is 27.4 Å². The predicted octanol–water partition coefficient (Wildman–Crippen LogP) is 6.09. The van der Waals surface area contributed by atoms with Gasteiger partial charge >= 0.3 is 0 Å². The molecule has 0 unspecified atom stereocenters. The number of fused-ring (bicyclic) bond motifs is 4. The number of methoxy groups -OCH3 is 1. The van der Waals surface area contributed by atoms with Crippen molar-refractivity contribution in [1.29, 1.82) is 0 Å². The van der Waals surface area contributed by atoms with Crippen LogP contribution in [0.2, 0.25) is 0 Å². The SMILES string of the molecule is COc1ccc(-c2nc3cc(C(=O)N4C[C@@H](CCl)c5c4cc(O)c4cccc(C)c54)ccc3[nH]2)cc1O. The molecule has 1 aliphatic heterocycles. The van der Waals surface area contributed by atoms with Crippen LogP contribution in [0, 0.1) is 6.92 Å². The summed E-state index contributed by atoms with van der Waals surface area (Å²) >= 11 is 6.37. The molecule has 7 nitrogen and oxygen atoms in total. The van der Waals surface area contributed by atoms with E-state index < -0.39 is 0 Å². The van der Waals surface area contributed by atoms with Gasteiger partial charge in [0.25, 0.3) is 5.91 Å². The molecule has 1 amide bonds. The maximum Gasteiger partial charge on any atom is 0.258 e. The monoisotopic (exact) mass is 513 g/mol. The second-order valence-corrected chi connectivity index (χ2v) is 9.61. The van der Waals surface area contributed by atoms with E-state index in [4.69, 9.17) is 16.3 Å². The fraction of sp³-hybridized carbons (Fsp3) is 0.172. The number of aromatic nitrogens is 2. The van der Waals surface area contributed by atoms with Crippen LogP contribution in [0.15, 0.2) is 60.7 Å². The Bertz CT molecular complexity index is 1710. The first-order valence-electron chi connectivity index (χ1n) is 11.9. The highest BCUT2D eigenvalue weighted by Crippen LogP contribution is 2.46. The minimum atomic E-state index is -0.185. The molecule has 4 aromatic carbocycles. The molecule has 1 atom stereocenters. The van der Waals surface area contributed by atoms with Crippen molar-refractivity contribution in [1.82, 2.24) is 9.97 Å². The second-order valence-electron chi connectivity index (χ2n) is 9.30. The summed E-state index contributed by atoms with van der Waals surface area (Å²) < 4.78 is 5.12. The number of halogens is 1. The van der Waals surface area contributed by atoms with E-state index in [1.54, 1.807) is 41.3 Å². The number of phenolic OH excluding ortho intramolecular Hbond substituents is 2. The number of ether oxygens (including phenoxy) is 1. The van der Waals surface area contributed by atoms with Crippen molar-refractivity contribution < 1.29 is 19.7 Å². The fourth-order valence-electron chi connectivity index (χ4n) is 5.29. The van der Waals surface area contributed by atoms with Gasteiger partial charge < -0.3 is 24.8 Å². The summed E-state index contributed by atoms with van der Waals surface area (Å²) in [4.78, 5) is 23.3. The van der Waals surface area contributed by atoms with Gasteiger partial charge in [0.15, 0.2) is 11.5 Å². The Morgan fingerprint density at radius 3 is 2.73 bits per heavy atom. The van der Waals surface area contributed by atoms with E-state index >= 15 is 0 Å². The molecule has 0 saturated carbocycles. The summed E-state index contributed by atoms with van der Waals surface area (Å²) in [6, 6.07) is 17.9. The van der Waals surface area contributed by atoms with Crippen molar-refractivity contribution in [2.75, 3.05) is 24.4 Å². The van der Waals surface area contributed by atoms with E-state index in [2.05, 4.69) is 9.97 Å². The Balaban J connectivity index is 1.40. The highest BCUT2D eigenvalue weighted by Gasteiger charge is 2.35. The summed E-state index contributed by atoms with van der Waals surface area (Å²) in [5.74, 6) is 1.23. The summed E-state index contributed by atoms with van der Waals surface area (Å²) in [5.41, 5.74) is 5.28. The Labute approximate surface area is 217 Å². The van der Waals surface area contributed by atoms with E-state index in [0.29, 0.717) is 46.3 Å². The number of benzene rings is 4. The molecule has 0 spiro atoms. The van der Waals surface area contributed by atoms with Crippen LogP contribution in [0.1, 0.15) is 27.4 Å². The predicted molar refractivity (Wildman–Crippen MR) is 145 cm³/mol. The number of amides is 1. The number of H-pyrrole nitrogens is 1. The minimum absolute atomic E-state index is 0.0175. The molecule has 186 valence electrons. The Hall–Kier alpha value is -4.23. The number of aromatic hydroxyl groups is 2. The average molecular weight is 514 g/mol. The van der Waals surface area contributed by atoms with Gasteiger partial charge in [-0.2, -0.15) is 0 Å². The van der Waals surface area contributed by atoms with Crippen LogP contribution in [0.5, 0.6) is 17.2 Å². The highest BCUT2D eigenvalue weighted by molar-refractivity contribution is 6.19. The molecular weight excluding hydrogens is 490 g/mol. The number of rotatable bonds is 4. The molecule has 5 aromatic rings. The van der Waals surface area contributed by atoms with Gasteiger partial charge in [0.1, 0.15) is 11.6 Å². The molecule has 1 aliphatic rings. The molecule has 0 saturated heterocycles. The Morgan fingerprint density at radius 1 is 1.14 bits per heavy atom. The summed E-state index contributed by atoms with van der Waals surface area (Å²) in [5, 5.41) is 22.6. The zero-order valence-corrected chi connectivity index (χ0v) is 21.0. The third-order valence-corrected chi connectivity index (χ3v) is 7.46. The summed E-state index contributed by atoms with van der Waals surface area (Å²) in [6.45, 7) is 2.43. The van der Waals surface area contributed by atoms with Crippen molar-refractivity contribution in [3.63, 3.8) is 0 Å². The maximum absolute atomic E-state index is 13.8. The van der Waals surface area contributed by atoms with Crippen LogP contribution in [0.4, 0.5) is 5.69 Å². The zero-order valence-electron chi connectivity index (χ0n) is 20.2. The number of hydrogen-bond acceptors (Lipinski definition) is 5. The van der Waals surface area contributed by atoms with Crippen molar-refractivity contribution in [2.45, 2.75) is 12.8 Å². The molecule has 37 heavy (non-hydrogen) atoms. The molecule has 0 radical (unpaired) electrons. The number of anilines is 1. The lowest BCUT2D eigenvalue weighted by Crippen LogP contribution is -2.30. The molecule has 0 fully saturated rings. The van der Waals surface area contributed by atoms with Gasteiger partial charge in [0.05, 0.1) is 23.8 Å². The molecule has 6 rings (SSSR count). The lowest BCUT2D eigenvalue weighted by Gasteiger charge is -2.19. The molecule has 8 heteroatoms. The van der Waals surface area contributed by atoms with E-state index in [1.165, 1.54) is 7.11 Å². The number of carbonyl (C=O) groups excluding carboxylic acids is 1. The van der Waals surface area contributed by atoms with Gasteiger partial charge in [-0.15, -0.1) is 11.6 Å². The van der Waals surface area contributed by atoms with Crippen LogP contribution < -0.4 is 9.64 Å². The Kier molecular flexibility index (Phi) is 5.46. The zero-order chi connectivity index (χ0) is 25.8. The van der Waals surface area contributed by atoms with Crippen molar-refractivity contribution >= 4 is 45.0 Å². The fourth-order valence-corrected chi connectivity index (χ4v) is 5.54. The van der Waals surface area contributed by atoms with E-state index in [9.17, 15) is 15.0 Å². The molecular formula is C29H24ClN3O4. The minimum Gasteiger partial charge on any atom is -0.507 e. The molecule has 0 bridgehead atoms. The molecule has 3 N–H and O–H groups in total. The third-order valence-electron chi connectivity index (χ3n) is 7.08. The number of alkyl halides is 1. The second kappa shape index (κ2) is 8.71. The topological polar surface area (TPSA) is 98.7 Å². The first kappa shape index (κ1) is 23.2. The van der Waals surface area contributed by atoms with Crippen molar-refractivity contribution in [3.8, 4) is 28.6 Å². The summed E-state index contributed by atoms with van der Waals surface area (Å²) in [7, 11) is 1.49. The number of nitrogens with zero attached hydrogens (tertiary/aromatic N) is 2. The average Bonchev–Trinajstić information content (AvgIpc) is 3.49. The lowest BCUT2D eigenvalue weighted by atomic mass is 9.92. The largest absolute Gasteiger partial charge is 0.507 e. The first-order chi connectivity index (χ1) is 17.9. The Morgan fingerprint density at radius 2 is 1.97 bits per heavy atom. The van der Waals surface area contributed by atoms with E-state index in [1.807, 2.05) is 31.2 Å². The maximum atomic E-state index is 13.8. The number of imidazole rings is 1. The third kappa shape index (κ3) is 3.65. The molecule has 2 heterocycles. The molecule has 1 aromatic heterocycles. The quantitative estimate of drug-likeness (QED) is 0.252. The van der Waals surface area contributed by atoms with Gasteiger partial charge in [0, 0.05) is 40.9 Å². The van der Waals surface area contributed by atoms with Crippen LogP contribution in [-0.4, -0.2) is 45.6 Å². The van der Waals surface area contributed by atoms with Gasteiger partial charge in [-0.25, -0.2) is 4.98 Å². The normalized spacial score (nSPS) is 14.9. The number of phenols is 2. The van der Waals surface area contributed by atoms with Gasteiger partial charge in [-0.1, -0.05) is 18.2 Å². The standard InChI is InChI=1S/C29H24ClN3O4/c1-15-4-3-5-19-23(34)12-22-27(26(15)19)18(13-30)14-33(22)29(36)17-6-8-20-21(10-17)32-28(31-20)16-7-9-25(37-2)24(35)11-16/h3-12,18,34-35H,13-14H2,1-2H3,(H,31,32)/t18-/m1/s1. The van der Waals surface area contributed by atoms with E-state index in [-0.39, 0.29) is 23.3 Å². The first-order valence-corrected chi connectivity index (χ1v) is 12.4. The number of aromatic amines is 1. The van der Waals surface area contributed by atoms with Crippen LogP contribution in [-0.2, 0) is 0 Å². The van der Waals surface area contributed by atoms with Gasteiger partial charge in [0.2, 0.25) is 0 Å². The van der Waals surface area contributed by atoms with Crippen molar-refractivity contribution in [2.24, 2.45) is 0 Å². The highest BCUT2D eigenvalue weighted by atomic mass is 35.5. The molecule has 0 aliphatic carbocycles. The smallest absolute Gasteiger partial charge is 0.258 e. The van der Waals surface area contributed by atoms with Gasteiger partial charge in [-0.3, -0.25) is 4.79 Å². The number of aryl methyl sites for hydroxylation is 1. The number of hydrogen-bond donors (Lipinski definition) is 3. The lowest BCUT2D eigenvalue weighted by molar-refractivity contribution is 0.0988. The van der Waals surface area contributed by atoms with Crippen LogP contribution >= 0.6 is 11.6 Å². The van der Waals surface area contributed by atoms with Crippen LogP contribution in [0.3, 0.4) is 0 Å². The van der Waals surface area contributed by atoms with Crippen molar-refractivity contribution in [3.05, 3.63) is 77.4 Å². The number of nitrogens with one attached hydrogen (secondary N) is 1.